The van der Waals surface area contributed by atoms with Crippen LogP contribution in [-0.2, 0) is 0 Å². The van der Waals surface area contributed by atoms with Crippen LogP contribution < -0.4 is 5.32 Å². The first-order valence-corrected chi connectivity index (χ1v) is 8.87. The van der Waals surface area contributed by atoms with Crippen LogP contribution >= 0.6 is 0 Å². The Labute approximate surface area is 152 Å². The lowest BCUT2D eigenvalue weighted by atomic mass is 9.90. The Balaban J connectivity index is 1.41. The van der Waals surface area contributed by atoms with Gasteiger partial charge in [-0.25, -0.2) is 14.5 Å². The molecule has 3 heterocycles. The molecule has 0 spiro atoms. The average Bonchev–Trinajstić information content (AvgIpc) is 3.24. The first-order chi connectivity index (χ1) is 12.8. The van der Waals surface area contributed by atoms with E-state index >= 15 is 0 Å². The molecule has 3 aromatic rings. The summed E-state index contributed by atoms with van der Waals surface area (Å²) >= 11 is 0. The molecule has 1 aliphatic heterocycles. The number of hydrogen-bond acceptors (Lipinski definition) is 3. The molecule has 1 saturated heterocycles. The maximum Gasteiger partial charge on any atom is 0.321 e. The van der Waals surface area contributed by atoms with Crippen LogP contribution in [0.15, 0.2) is 67.1 Å². The molecule has 0 radical (unpaired) electrons. The number of anilines is 1. The molecule has 0 aliphatic carbocycles. The van der Waals surface area contributed by atoms with Gasteiger partial charge in [0.1, 0.15) is 0 Å². The number of hydrogen-bond donors (Lipinski definition) is 1. The second-order valence-corrected chi connectivity index (χ2v) is 6.43. The number of likely N-dealkylation sites (tertiary alicyclic amines) is 1. The van der Waals surface area contributed by atoms with Crippen LogP contribution in [0.1, 0.15) is 24.3 Å². The molecule has 0 unspecified atom stereocenters. The largest absolute Gasteiger partial charge is 0.324 e. The lowest BCUT2D eigenvalue weighted by Gasteiger charge is -2.32. The number of urea groups is 1. The van der Waals surface area contributed by atoms with Gasteiger partial charge in [-0.3, -0.25) is 0 Å². The summed E-state index contributed by atoms with van der Waals surface area (Å²) in [7, 11) is 0. The topological polar surface area (TPSA) is 63.1 Å². The molecule has 6 heteroatoms. The Hall–Kier alpha value is -3.15. The minimum atomic E-state index is -0.0853. The summed E-state index contributed by atoms with van der Waals surface area (Å²) in [6.45, 7) is 1.51. The molecular weight excluding hydrogens is 326 g/mol. The van der Waals surface area contributed by atoms with Crippen molar-refractivity contribution in [3.8, 4) is 5.82 Å². The lowest BCUT2D eigenvalue weighted by molar-refractivity contribution is 0.194. The third-order valence-corrected chi connectivity index (χ3v) is 4.80. The summed E-state index contributed by atoms with van der Waals surface area (Å²) < 4.78 is 1.65. The van der Waals surface area contributed by atoms with Crippen LogP contribution in [0.25, 0.3) is 5.82 Å². The number of rotatable bonds is 3. The summed E-state index contributed by atoms with van der Waals surface area (Å²) in [6.07, 6.45) is 7.16. The molecule has 2 amide bonds. The summed E-state index contributed by atoms with van der Waals surface area (Å²) in [5.41, 5.74) is 2.02. The van der Waals surface area contributed by atoms with Gasteiger partial charge in [-0.05, 0) is 42.5 Å². The van der Waals surface area contributed by atoms with E-state index in [2.05, 4.69) is 39.7 Å². The average molecular weight is 347 g/mol. The molecule has 0 bridgehead atoms. The summed E-state index contributed by atoms with van der Waals surface area (Å²) in [5.74, 6) is 1.14. The van der Waals surface area contributed by atoms with Crippen LogP contribution in [0.4, 0.5) is 10.5 Å². The van der Waals surface area contributed by atoms with Crippen molar-refractivity contribution in [2.45, 2.75) is 18.8 Å². The van der Waals surface area contributed by atoms with Crippen molar-refractivity contribution in [1.29, 1.82) is 0 Å². The van der Waals surface area contributed by atoms with E-state index in [1.54, 1.807) is 17.1 Å². The van der Waals surface area contributed by atoms with Gasteiger partial charge < -0.3 is 10.2 Å². The van der Waals surface area contributed by atoms with Gasteiger partial charge in [0, 0.05) is 31.7 Å². The predicted octanol–water partition coefficient (Wildman–Crippen LogP) is 3.68. The van der Waals surface area contributed by atoms with Gasteiger partial charge in [0.25, 0.3) is 0 Å². The van der Waals surface area contributed by atoms with Gasteiger partial charge in [0.15, 0.2) is 5.82 Å². The first kappa shape index (κ1) is 16.3. The number of nitrogens with one attached hydrogen (secondary N) is 1. The molecule has 1 N–H and O–H groups in total. The highest BCUT2D eigenvalue weighted by Gasteiger charge is 2.24. The highest BCUT2D eigenvalue weighted by Crippen LogP contribution is 2.28. The smallest absolute Gasteiger partial charge is 0.321 e. The van der Waals surface area contributed by atoms with Gasteiger partial charge in [-0.1, -0.05) is 30.3 Å². The molecule has 0 saturated carbocycles. The van der Waals surface area contributed by atoms with E-state index in [0.29, 0.717) is 17.4 Å². The van der Waals surface area contributed by atoms with Gasteiger partial charge in [0.2, 0.25) is 0 Å². The van der Waals surface area contributed by atoms with E-state index in [1.807, 2.05) is 35.4 Å². The Kier molecular flexibility index (Phi) is 4.64. The number of amides is 2. The van der Waals surface area contributed by atoms with Crippen molar-refractivity contribution in [3.63, 3.8) is 0 Å². The van der Waals surface area contributed by atoms with Gasteiger partial charge in [-0.2, -0.15) is 5.10 Å². The van der Waals surface area contributed by atoms with Gasteiger partial charge >= 0.3 is 6.03 Å². The minimum absolute atomic E-state index is 0.0853. The second-order valence-electron chi connectivity index (χ2n) is 6.43. The van der Waals surface area contributed by atoms with Crippen LogP contribution in [0, 0.1) is 0 Å². The predicted molar refractivity (Wildman–Crippen MR) is 100 cm³/mol. The molecule has 1 aliphatic rings. The lowest BCUT2D eigenvalue weighted by Crippen LogP contribution is -2.40. The highest BCUT2D eigenvalue weighted by atomic mass is 16.2. The van der Waals surface area contributed by atoms with E-state index < -0.39 is 0 Å². The van der Waals surface area contributed by atoms with Crippen molar-refractivity contribution in [2.24, 2.45) is 0 Å². The molecule has 132 valence electrons. The van der Waals surface area contributed by atoms with Crippen molar-refractivity contribution < 1.29 is 4.79 Å². The van der Waals surface area contributed by atoms with Crippen molar-refractivity contribution in [1.82, 2.24) is 19.7 Å². The maximum absolute atomic E-state index is 12.7. The van der Waals surface area contributed by atoms with E-state index in [-0.39, 0.29) is 6.03 Å². The molecule has 2 aromatic heterocycles. The SMILES string of the molecule is O=C(Nc1cccnc1-n1cccn1)N1CCC(c2ccccc2)CC1. The highest BCUT2D eigenvalue weighted by molar-refractivity contribution is 5.91. The van der Waals surface area contributed by atoms with E-state index in [1.165, 1.54) is 5.56 Å². The second kappa shape index (κ2) is 7.39. The Morgan fingerprint density at radius 1 is 1.00 bits per heavy atom. The number of benzene rings is 1. The zero-order valence-corrected chi connectivity index (χ0v) is 14.5. The fourth-order valence-electron chi connectivity index (χ4n) is 3.41. The Morgan fingerprint density at radius 2 is 1.81 bits per heavy atom. The molecule has 1 fully saturated rings. The number of carbonyl (C=O) groups is 1. The molecule has 26 heavy (non-hydrogen) atoms. The zero-order valence-electron chi connectivity index (χ0n) is 14.5. The van der Waals surface area contributed by atoms with Gasteiger partial charge in [0.05, 0.1) is 5.69 Å². The fourth-order valence-corrected chi connectivity index (χ4v) is 3.41. The van der Waals surface area contributed by atoms with E-state index in [9.17, 15) is 4.79 Å². The van der Waals surface area contributed by atoms with Crippen LogP contribution in [0.3, 0.4) is 0 Å². The van der Waals surface area contributed by atoms with Crippen LogP contribution in [-0.4, -0.2) is 38.8 Å². The minimum Gasteiger partial charge on any atom is -0.324 e. The van der Waals surface area contributed by atoms with Crippen molar-refractivity contribution >= 4 is 11.7 Å². The molecule has 0 atom stereocenters. The number of nitrogens with zero attached hydrogens (tertiary/aromatic N) is 4. The quantitative estimate of drug-likeness (QED) is 0.786. The van der Waals surface area contributed by atoms with E-state index in [4.69, 9.17) is 0 Å². The van der Waals surface area contributed by atoms with E-state index in [0.717, 1.165) is 25.9 Å². The Bertz CT molecular complexity index is 855. The Morgan fingerprint density at radius 3 is 2.54 bits per heavy atom. The molecule has 4 rings (SSSR count). The monoisotopic (exact) mass is 347 g/mol. The number of aromatic nitrogens is 3. The molecule has 6 nitrogen and oxygen atoms in total. The first-order valence-electron chi connectivity index (χ1n) is 8.87. The third-order valence-electron chi connectivity index (χ3n) is 4.80. The van der Waals surface area contributed by atoms with Crippen LogP contribution in [0.5, 0.6) is 0 Å². The maximum atomic E-state index is 12.7. The number of piperidine rings is 1. The fraction of sp³-hybridized carbons (Fsp3) is 0.250. The number of carbonyl (C=O) groups excluding carboxylic acids is 1. The van der Waals surface area contributed by atoms with Crippen molar-refractivity contribution in [3.05, 3.63) is 72.7 Å². The summed E-state index contributed by atoms with van der Waals surface area (Å²) in [4.78, 5) is 18.9. The molecule has 1 aromatic carbocycles. The number of pyridine rings is 1. The van der Waals surface area contributed by atoms with Gasteiger partial charge in [-0.15, -0.1) is 0 Å². The summed E-state index contributed by atoms with van der Waals surface area (Å²) in [6, 6.07) is 15.9. The van der Waals surface area contributed by atoms with Crippen LogP contribution in [0.2, 0.25) is 0 Å². The molecular formula is C20H21N5O. The summed E-state index contributed by atoms with van der Waals surface area (Å²) in [5, 5.41) is 7.19. The van der Waals surface area contributed by atoms with Crippen molar-refractivity contribution in [2.75, 3.05) is 18.4 Å². The third kappa shape index (κ3) is 3.44. The normalized spacial score (nSPS) is 15.0. The zero-order chi connectivity index (χ0) is 17.8. The standard InChI is InChI=1S/C20H21N5O/c26-20(23-18-8-4-11-21-19(18)25-13-5-12-22-25)24-14-9-17(10-15-24)16-6-2-1-3-7-16/h1-8,11-13,17H,9-10,14-15H2,(H,23,26).